The van der Waals surface area contributed by atoms with Crippen molar-refractivity contribution in [3.63, 3.8) is 0 Å². The molecule has 0 saturated carbocycles. The van der Waals surface area contributed by atoms with E-state index in [9.17, 15) is 14.4 Å². The van der Waals surface area contributed by atoms with E-state index in [0.29, 0.717) is 11.3 Å². The quantitative estimate of drug-likeness (QED) is 0.475. The number of nitrogens with two attached hydrogens (primary N) is 1. The molecule has 1 atom stereocenters. The fourth-order valence-electron chi connectivity index (χ4n) is 1.47. The van der Waals surface area contributed by atoms with Gasteiger partial charge in [-0.2, -0.15) is 0 Å². The van der Waals surface area contributed by atoms with Gasteiger partial charge in [-0.3, -0.25) is 9.59 Å². The van der Waals surface area contributed by atoms with Crippen LogP contribution in [-0.4, -0.2) is 23.9 Å². The molecule has 2 amide bonds. The summed E-state index contributed by atoms with van der Waals surface area (Å²) in [6.07, 6.45) is 5.24. The number of allylic oxidation sites excluding steroid dienone is 3. The molecule has 3 N–H and O–H groups in total. The van der Waals surface area contributed by atoms with Crippen molar-refractivity contribution in [2.24, 2.45) is 5.73 Å². The summed E-state index contributed by atoms with van der Waals surface area (Å²) in [6.45, 7) is 3.28. The van der Waals surface area contributed by atoms with Gasteiger partial charge in [0.2, 0.25) is 5.91 Å². The van der Waals surface area contributed by atoms with Crippen LogP contribution in [0.2, 0.25) is 0 Å². The van der Waals surface area contributed by atoms with E-state index in [1.807, 2.05) is 6.92 Å². The fourth-order valence-corrected chi connectivity index (χ4v) is 1.47. The number of hydrogen-bond acceptors (Lipinski definition) is 4. The Labute approximate surface area is 128 Å². The second-order valence-electron chi connectivity index (χ2n) is 4.39. The smallest absolute Gasteiger partial charge is 0.331 e. The molecule has 0 aliphatic carbocycles. The van der Waals surface area contributed by atoms with Gasteiger partial charge in [0.1, 0.15) is 0 Å². The summed E-state index contributed by atoms with van der Waals surface area (Å²) in [6, 6.07) is 6.07. The highest BCUT2D eigenvalue weighted by atomic mass is 16.5. The van der Waals surface area contributed by atoms with E-state index in [0.717, 1.165) is 0 Å². The lowest BCUT2D eigenvalue weighted by atomic mass is 10.2. The van der Waals surface area contributed by atoms with Crippen molar-refractivity contribution in [1.29, 1.82) is 0 Å². The highest BCUT2D eigenvalue weighted by Gasteiger charge is 2.16. The van der Waals surface area contributed by atoms with Crippen LogP contribution in [0.4, 0.5) is 5.69 Å². The topological polar surface area (TPSA) is 98.5 Å². The van der Waals surface area contributed by atoms with Crippen LogP contribution in [-0.2, 0) is 14.3 Å². The minimum Gasteiger partial charge on any atom is -0.449 e. The average Bonchev–Trinajstić information content (AvgIpc) is 2.47. The van der Waals surface area contributed by atoms with Gasteiger partial charge in [0.25, 0.3) is 5.91 Å². The van der Waals surface area contributed by atoms with E-state index in [-0.39, 0.29) is 0 Å². The third kappa shape index (κ3) is 5.62. The Kier molecular flexibility index (Phi) is 6.56. The average molecular weight is 302 g/mol. The maximum Gasteiger partial charge on any atom is 0.331 e. The molecule has 0 aliphatic rings. The van der Waals surface area contributed by atoms with E-state index >= 15 is 0 Å². The second-order valence-corrected chi connectivity index (χ2v) is 4.39. The van der Waals surface area contributed by atoms with Crippen LogP contribution < -0.4 is 11.1 Å². The Hall–Kier alpha value is -2.89. The molecule has 1 aromatic rings. The molecule has 0 fully saturated rings. The van der Waals surface area contributed by atoms with Crippen LogP contribution in [0.15, 0.2) is 48.6 Å². The molecule has 0 aliphatic heterocycles. The number of nitrogens with one attached hydrogen (secondary N) is 1. The molecule has 22 heavy (non-hydrogen) atoms. The number of benzene rings is 1. The summed E-state index contributed by atoms with van der Waals surface area (Å²) in [4.78, 5) is 34.2. The maximum absolute atomic E-state index is 11.9. The molecule has 0 saturated heterocycles. The van der Waals surface area contributed by atoms with Gasteiger partial charge >= 0.3 is 5.97 Å². The number of anilines is 1. The van der Waals surface area contributed by atoms with Gasteiger partial charge in [0.15, 0.2) is 6.10 Å². The molecule has 0 aromatic heterocycles. The minimum atomic E-state index is -0.946. The Bertz CT molecular complexity index is 603. The normalized spacial score (nSPS) is 12.3. The lowest BCUT2D eigenvalue weighted by Gasteiger charge is -2.12. The van der Waals surface area contributed by atoms with Gasteiger partial charge in [-0.15, -0.1) is 0 Å². The zero-order valence-corrected chi connectivity index (χ0v) is 12.4. The van der Waals surface area contributed by atoms with E-state index in [2.05, 4.69) is 5.32 Å². The molecule has 116 valence electrons. The van der Waals surface area contributed by atoms with Crippen LogP contribution in [0.1, 0.15) is 24.2 Å². The van der Waals surface area contributed by atoms with Crippen LogP contribution in [0.5, 0.6) is 0 Å². The predicted octanol–water partition coefficient (Wildman–Crippen LogP) is 1.79. The van der Waals surface area contributed by atoms with E-state index in [1.54, 1.807) is 24.3 Å². The summed E-state index contributed by atoms with van der Waals surface area (Å²) >= 11 is 0. The van der Waals surface area contributed by atoms with Crippen molar-refractivity contribution in [2.75, 3.05) is 5.32 Å². The molecule has 6 nitrogen and oxygen atoms in total. The Morgan fingerprint density at radius 3 is 2.36 bits per heavy atom. The van der Waals surface area contributed by atoms with Crippen LogP contribution in [0.25, 0.3) is 0 Å². The number of ether oxygens (including phenoxy) is 1. The summed E-state index contributed by atoms with van der Waals surface area (Å²) < 4.78 is 4.95. The zero-order chi connectivity index (χ0) is 16.5. The first kappa shape index (κ1) is 17.2. The van der Waals surface area contributed by atoms with E-state index in [4.69, 9.17) is 10.5 Å². The van der Waals surface area contributed by atoms with Gasteiger partial charge in [-0.25, -0.2) is 4.79 Å². The Balaban J connectivity index is 2.56. The van der Waals surface area contributed by atoms with Crippen LogP contribution in [0.3, 0.4) is 0 Å². The maximum atomic E-state index is 11.9. The first-order chi connectivity index (χ1) is 10.4. The predicted molar refractivity (Wildman–Crippen MR) is 83.1 cm³/mol. The lowest BCUT2D eigenvalue weighted by Crippen LogP contribution is -2.29. The molecule has 0 bridgehead atoms. The summed E-state index contributed by atoms with van der Waals surface area (Å²) in [5, 5.41) is 2.57. The van der Waals surface area contributed by atoms with Crippen LogP contribution in [0, 0.1) is 0 Å². The highest BCUT2D eigenvalue weighted by molar-refractivity contribution is 5.97. The van der Waals surface area contributed by atoms with Crippen molar-refractivity contribution in [3.05, 3.63) is 54.1 Å². The number of esters is 1. The van der Waals surface area contributed by atoms with E-state index < -0.39 is 23.9 Å². The third-order valence-electron chi connectivity index (χ3n) is 2.63. The Morgan fingerprint density at radius 2 is 1.82 bits per heavy atom. The van der Waals surface area contributed by atoms with Gasteiger partial charge < -0.3 is 15.8 Å². The van der Waals surface area contributed by atoms with Crippen molar-refractivity contribution in [1.82, 2.24) is 0 Å². The van der Waals surface area contributed by atoms with Crippen molar-refractivity contribution in [3.8, 4) is 0 Å². The molecule has 1 aromatic carbocycles. The number of carbonyl (C=O) groups excluding carboxylic acids is 3. The summed E-state index contributed by atoms with van der Waals surface area (Å²) in [5.74, 6) is -1.63. The molecule has 0 spiro atoms. The first-order valence-corrected chi connectivity index (χ1v) is 6.64. The molecule has 0 radical (unpaired) electrons. The summed E-state index contributed by atoms with van der Waals surface area (Å²) in [5.41, 5.74) is 5.94. The van der Waals surface area contributed by atoms with Crippen molar-refractivity contribution >= 4 is 23.5 Å². The van der Waals surface area contributed by atoms with Crippen LogP contribution >= 0.6 is 0 Å². The SMILES string of the molecule is C/C=C/C=C/C(=O)O[C@H](C)C(=O)Nc1ccc(C(N)=O)cc1. The van der Waals surface area contributed by atoms with Gasteiger partial charge in [0.05, 0.1) is 0 Å². The fraction of sp³-hybridized carbons (Fsp3) is 0.188. The van der Waals surface area contributed by atoms with Crippen molar-refractivity contribution < 1.29 is 19.1 Å². The molecule has 0 heterocycles. The number of carbonyl (C=O) groups is 3. The number of hydrogen-bond donors (Lipinski definition) is 2. The molecule has 6 heteroatoms. The largest absolute Gasteiger partial charge is 0.449 e. The monoisotopic (exact) mass is 302 g/mol. The second kappa shape index (κ2) is 8.41. The van der Waals surface area contributed by atoms with Gasteiger partial charge in [0, 0.05) is 17.3 Å². The summed E-state index contributed by atoms with van der Waals surface area (Å²) in [7, 11) is 0. The molecular formula is C16H18N2O4. The van der Waals surface area contributed by atoms with Crippen molar-refractivity contribution in [2.45, 2.75) is 20.0 Å². The standard InChI is InChI=1S/C16H18N2O4/c1-3-4-5-6-14(19)22-11(2)16(21)18-13-9-7-12(8-10-13)15(17)20/h3-11H,1-2H3,(H2,17,20)(H,18,21)/b4-3+,6-5+/t11-/m1/s1. The zero-order valence-electron chi connectivity index (χ0n) is 12.4. The van der Waals surface area contributed by atoms with E-state index in [1.165, 1.54) is 31.2 Å². The number of primary amides is 1. The molecular weight excluding hydrogens is 284 g/mol. The molecule has 1 rings (SSSR count). The Morgan fingerprint density at radius 1 is 1.18 bits per heavy atom. The highest BCUT2D eigenvalue weighted by Crippen LogP contribution is 2.10. The van der Waals surface area contributed by atoms with Gasteiger partial charge in [-0.1, -0.05) is 18.2 Å². The first-order valence-electron chi connectivity index (χ1n) is 6.64. The van der Waals surface area contributed by atoms with Gasteiger partial charge in [-0.05, 0) is 38.1 Å². The minimum absolute atomic E-state index is 0.339. The third-order valence-corrected chi connectivity index (χ3v) is 2.63. The molecule has 0 unspecified atom stereocenters. The number of rotatable bonds is 6. The lowest BCUT2D eigenvalue weighted by molar-refractivity contribution is -0.148. The number of amides is 2.